The van der Waals surface area contributed by atoms with Gasteiger partial charge in [0.25, 0.3) is 5.91 Å². The number of ether oxygens (including phenoxy) is 2. The zero-order valence-corrected chi connectivity index (χ0v) is 14.9. The van der Waals surface area contributed by atoms with Crippen LogP contribution in [0.5, 0.6) is 11.5 Å². The first-order chi connectivity index (χ1) is 13.0. The molecule has 2 N–H and O–H groups in total. The van der Waals surface area contributed by atoms with Gasteiger partial charge in [-0.1, -0.05) is 12.1 Å². The molecule has 1 aliphatic rings. The first-order valence-corrected chi connectivity index (χ1v) is 8.21. The van der Waals surface area contributed by atoms with Gasteiger partial charge in [-0.3, -0.25) is 14.5 Å². The van der Waals surface area contributed by atoms with E-state index in [9.17, 15) is 14.4 Å². The maximum Gasteiger partial charge on any atom is 0.324 e. The van der Waals surface area contributed by atoms with E-state index in [0.29, 0.717) is 22.7 Å². The summed E-state index contributed by atoms with van der Waals surface area (Å²) < 4.78 is 10.4. The van der Waals surface area contributed by atoms with Gasteiger partial charge in [-0.2, -0.15) is 0 Å². The topological polar surface area (TPSA) is 97.0 Å². The molecule has 0 aliphatic carbocycles. The summed E-state index contributed by atoms with van der Waals surface area (Å²) in [4.78, 5) is 36.8. The van der Waals surface area contributed by atoms with Gasteiger partial charge in [-0.15, -0.1) is 0 Å². The fraction of sp³-hybridized carbons (Fsp3) is 0.211. The van der Waals surface area contributed by atoms with Crippen LogP contribution in [0.1, 0.15) is 15.9 Å². The van der Waals surface area contributed by atoms with Crippen molar-refractivity contribution >= 4 is 23.5 Å². The van der Waals surface area contributed by atoms with Crippen molar-refractivity contribution in [1.82, 2.24) is 10.2 Å². The van der Waals surface area contributed by atoms with Crippen molar-refractivity contribution in [3.8, 4) is 11.5 Å². The number of carbonyl (C=O) groups excluding carboxylic acids is 3. The Bertz CT molecular complexity index is 841. The molecule has 0 radical (unpaired) electrons. The third-order valence-electron chi connectivity index (χ3n) is 4.10. The minimum atomic E-state index is -0.409. The average Bonchev–Trinajstić information content (AvgIpc) is 3.00. The van der Waals surface area contributed by atoms with Crippen molar-refractivity contribution in [2.24, 2.45) is 0 Å². The highest BCUT2D eigenvalue weighted by Crippen LogP contribution is 2.26. The van der Waals surface area contributed by atoms with E-state index < -0.39 is 6.03 Å². The molecule has 0 saturated carbocycles. The van der Waals surface area contributed by atoms with Crippen molar-refractivity contribution < 1.29 is 23.9 Å². The summed E-state index contributed by atoms with van der Waals surface area (Å²) in [5.41, 5.74) is 1.73. The van der Waals surface area contributed by atoms with Gasteiger partial charge in [0.1, 0.15) is 11.5 Å². The molecule has 4 amide bonds. The van der Waals surface area contributed by atoms with E-state index in [2.05, 4.69) is 10.6 Å². The fourth-order valence-corrected chi connectivity index (χ4v) is 2.64. The van der Waals surface area contributed by atoms with E-state index in [1.54, 1.807) is 42.5 Å². The summed E-state index contributed by atoms with van der Waals surface area (Å²) in [7, 11) is 3.06. The third-order valence-corrected chi connectivity index (χ3v) is 4.10. The van der Waals surface area contributed by atoms with Crippen molar-refractivity contribution in [2.75, 3.05) is 26.1 Å². The minimum absolute atomic E-state index is 0.0172. The van der Waals surface area contributed by atoms with E-state index >= 15 is 0 Å². The van der Waals surface area contributed by atoms with Gasteiger partial charge < -0.3 is 20.1 Å². The van der Waals surface area contributed by atoms with Crippen LogP contribution in [0.4, 0.5) is 10.5 Å². The van der Waals surface area contributed by atoms with Gasteiger partial charge in [0.15, 0.2) is 0 Å². The van der Waals surface area contributed by atoms with Crippen molar-refractivity contribution in [3.05, 3.63) is 53.6 Å². The van der Waals surface area contributed by atoms with Gasteiger partial charge in [-0.05, 0) is 17.7 Å². The molecular weight excluding hydrogens is 350 g/mol. The summed E-state index contributed by atoms with van der Waals surface area (Å²) in [5.74, 6) is 0.558. The van der Waals surface area contributed by atoms with Crippen LogP contribution in [0.3, 0.4) is 0 Å². The number of methoxy groups -OCH3 is 2. The molecule has 1 saturated heterocycles. The number of rotatable bonds is 6. The van der Waals surface area contributed by atoms with Crippen LogP contribution < -0.4 is 20.1 Å². The monoisotopic (exact) mass is 369 g/mol. The van der Waals surface area contributed by atoms with E-state index in [1.165, 1.54) is 14.2 Å². The van der Waals surface area contributed by atoms with Gasteiger partial charge >= 0.3 is 6.03 Å². The highest BCUT2D eigenvalue weighted by molar-refractivity contribution is 6.04. The lowest BCUT2D eigenvalue weighted by Crippen LogP contribution is -2.30. The predicted octanol–water partition coefficient (Wildman–Crippen LogP) is 2.01. The lowest BCUT2D eigenvalue weighted by atomic mass is 10.1. The van der Waals surface area contributed by atoms with Crippen molar-refractivity contribution in [3.63, 3.8) is 0 Å². The van der Waals surface area contributed by atoms with Gasteiger partial charge in [0, 0.05) is 29.4 Å². The number of nitrogens with zero attached hydrogens (tertiary/aromatic N) is 1. The predicted molar refractivity (Wildman–Crippen MR) is 97.9 cm³/mol. The molecule has 0 bridgehead atoms. The van der Waals surface area contributed by atoms with Crippen molar-refractivity contribution in [1.29, 1.82) is 0 Å². The number of imide groups is 1. The largest absolute Gasteiger partial charge is 0.497 e. The molecule has 8 nitrogen and oxygen atoms in total. The number of anilines is 1. The van der Waals surface area contributed by atoms with Gasteiger partial charge in [0.05, 0.1) is 27.3 Å². The minimum Gasteiger partial charge on any atom is -0.497 e. The number of nitrogens with one attached hydrogen (secondary N) is 2. The molecule has 0 aromatic heterocycles. The lowest BCUT2D eigenvalue weighted by molar-refractivity contribution is -0.125. The van der Waals surface area contributed by atoms with Crippen LogP contribution in [0.25, 0.3) is 0 Å². The quantitative estimate of drug-likeness (QED) is 0.759. The second kappa shape index (κ2) is 7.77. The van der Waals surface area contributed by atoms with Crippen LogP contribution in [-0.4, -0.2) is 43.5 Å². The molecular formula is C19H19N3O5. The normalized spacial score (nSPS) is 13.3. The molecule has 140 valence electrons. The zero-order valence-electron chi connectivity index (χ0n) is 14.9. The molecule has 1 aliphatic heterocycles. The summed E-state index contributed by atoms with van der Waals surface area (Å²) >= 11 is 0. The molecule has 27 heavy (non-hydrogen) atoms. The summed E-state index contributed by atoms with van der Waals surface area (Å²) in [6.07, 6.45) is 0. The number of hydrogen-bond acceptors (Lipinski definition) is 5. The Labute approximate surface area is 156 Å². The Balaban J connectivity index is 1.69. The van der Waals surface area contributed by atoms with Crippen LogP contribution in [0.15, 0.2) is 42.5 Å². The number of amides is 4. The molecule has 1 fully saturated rings. The number of carbonyl (C=O) groups is 3. The first kappa shape index (κ1) is 18.2. The Morgan fingerprint density at radius 2 is 1.70 bits per heavy atom. The zero-order chi connectivity index (χ0) is 19.4. The second-order valence-corrected chi connectivity index (χ2v) is 5.89. The van der Waals surface area contributed by atoms with Crippen LogP contribution >= 0.6 is 0 Å². The maximum atomic E-state index is 12.5. The van der Waals surface area contributed by atoms with Gasteiger partial charge in [0.2, 0.25) is 5.91 Å². The van der Waals surface area contributed by atoms with Gasteiger partial charge in [-0.25, -0.2) is 4.79 Å². The molecule has 0 unspecified atom stereocenters. The van der Waals surface area contributed by atoms with Crippen LogP contribution in [0, 0.1) is 0 Å². The molecule has 1 heterocycles. The summed E-state index contributed by atoms with van der Waals surface area (Å²) in [6.45, 7) is 0.184. The van der Waals surface area contributed by atoms with E-state index in [4.69, 9.17) is 9.47 Å². The van der Waals surface area contributed by atoms with E-state index in [1.807, 2.05) is 0 Å². The van der Waals surface area contributed by atoms with E-state index in [0.717, 1.165) is 10.5 Å². The SMILES string of the molecule is COc1cc(NC(=O)c2ccc(CN3C(=O)CNC3=O)cc2)cc(OC)c1. The Kier molecular flexibility index (Phi) is 5.25. The number of hydrogen-bond donors (Lipinski definition) is 2. The fourth-order valence-electron chi connectivity index (χ4n) is 2.64. The molecule has 0 spiro atoms. The van der Waals surface area contributed by atoms with E-state index in [-0.39, 0.29) is 24.9 Å². The summed E-state index contributed by atoms with van der Waals surface area (Å²) in [5, 5.41) is 5.25. The Hall–Kier alpha value is -3.55. The highest BCUT2D eigenvalue weighted by atomic mass is 16.5. The van der Waals surface area contributed by atoms with Crippen LogP contribution in [-0.2, 0) is 11.3 Å². The molecule has 3 rings (SSSR count). The Morgan fingerprint density at radius 1 is 1.07 bits per heavy atom. The van der Waals surface area contributed by atoms with Crippen LogP contribution in [0.2, 0.25) is 0 Å². The third kappa shape index (κ3) is 4.17. The van der Waals surface area contributed by atoms with Crippen molar-refractivity contribution in [2.45, 2.75) is 6.54 Å². The summed E-state index contributed by atoms with van der Waals surface area (Å²) in [6, 6.07) is 11.4. The standard InChI is InChI=1S/C19H19N3O5/c1-26-15-7-14(8-16(9-15)27-2)21-18(24)13-5-3-12(4-6-13)11-22-17(23)10-20-19(22)25/h3-9H,10-11H2,1-2H3,(H,20,25)(H,21,24). The number of benzene rings is 2. The second-order valence-electron chi connectivity index (χ2n) is 5.89. The Morgan fingerprint density at radius 3 is 2.22 bits per heavy atom. The molecule has 2 aromatic rings. The average molecular weight is 369 g/mol. The first-order valence-electron chi connectivity index (χ1n) is 8.21. The maximum absolute atomic E-state index is 12.5. The lowest BCUT2D eigenvalue weighted by Gasteiger charge is -2.13. The molecule has 2 aromatic carbocycles. The smallest absolute Gasteiger partial charge is 0.324 e. The highest BCUT2D eigenvalue weighted by Gasteiger charge is 2.28. The number of urea groups is 1. The molecule has 8 heteroatoms. The molecule has 0 atom stereocenters.